The lowest BCUT2D eigenvalue weighted by atomic mass is 10.1. The van der Waals surface area contributed by atoms with E-state index >= 15 is 0 Å². The summed E-state index contributed by atoms with van der Waals surface area (Å²) in [7, 11) is -3.31. The monoisotopic (exact) mass is 493 g/mol. The third-order valence-corrected chi connectivity index (χ3v) is 8.09. The van der Waals surface area contributed by atoms with Gasteiger partial charge in [-0.3, -0.25) is 10.1 Å². The number of anilines is 1. The van der Waals surface area contributed by atoms with Crippen LogP contribution in [0.3, 0.4) is 0 Å². The van der Waals surface area contributed by atoms with Crippen LogP contribution in [0.1, 0.15) is 38.1 Å². The van der Waals surface area contributed by atoms with Crippen LogP contribution in [0.25, 0.3) is 0 Å². The van der Waals surface area contributed by atoms with Crippen molar-refractivity contribution in [2.75, 3.05) is 11.1 Å². The van der Waals surface area contributed by atoms with Crippen LogP contribution in [0.2, 0.25) is 5.02 Å². The summed E-state index contributed by atoms with van der Waals surface area (Å²) in [5, 5.41) is 10.6. The molecule has 0 aliphatic heterocycles. The maximum absolute atomic E-state index is 12.2. The minimum Gasteiger partial charge on any atom is -0.407 e. The molecule has 0 saturated carbocycles. The number of rotatable bonds is 10. The van der Waals surface area contributed by atoms with Gasteiger partial charge in [-0.1, -0.05) is 28.8 Å². The predicted molar refractivity (Wildman–Crippen MR) is 126 cm³/mol. The third kappa shape index (κ3) is 6.82. The summed E-state index contributed by atoms with van der Waals surface area (Å²) in [5.41, 5.74) is 0.827. The second-order valence-electron chi connectivity index (χ2n) is 7.37. The van der Waals surface area contributed by atoms with Crippen molar-refractivity contribution in [3.05, 3.63) is 65.0 Å². The fraction of sp³-hybridized carbons (Fsp3) is 0.318. The van der Waals surface area contributed by atoms with Crippen molar-refractivity contribution in [3.8, 4) is 0 Å². The Kier molecular flexibility index (Phi) is 8.33. The number of halogens is 1. The van der Waals surface area contributed by atoms with Gasteiger partial charge in [-0.05, 0) is 68.0 Å². The first kappa shape index (κ1) is 24.3. The molecule has 3 rings (SSSR count). The number of aromatic nitrogens is 2. The van der Waals surface area contributed by atoms with Crippen molar-refractivity contribution < 1.29 is 17.6 Å². The Balaban J connectivity index is 1.45. The Morgan fingerprint density at radius 2 is 1.78 bits per heavy atom. The lowest BCUT2D eigenvalue weighted by Crippen LogP contribution is -2.13. The highest BCUT2D eigenvalue weighted by atomic mass is 35.5. The molecule has 1 heterocycles. The molecule has 1 amide bonds. The Morgan fingerprint density at radius 3 is 2.44 bits per heavy atom. The van der Waals surface area contributed by atoms with Crippen molar-refractivity contribution in [1.82, 2.24) is 10.2 Å². The number of amides is 1. The number of thioether (sulfide) groups is 1. The summed E-state index contributed by atoms with van der Waals surface area (Å²) in [6.07, 6.45) is 1.37. The molecule has 3 aromatic rings. The van der Waals surface area contributed by atoms with E-state index in [2.05, 4.69) is 15.5 Å². The fourth-order valence-corrected chi connectivity index (χ4v) is 4.79. The number of carbonyl (C=O) groups excluding carboxylic acids is 1. The number of hydrogen-bond donors (Lipinski definition) is 1. The van der Waals surface area contributed by atoms with Gasteiger partial charge in [0.25, 0.3) is 0 Å². The zero-order valence-corrected chi connectivity index (χ0v) is 20.1. The van der Waals surface area contributed by atoms with Gasteiger partial charge in [0.2, 0.25) is 11.8 Å². The van der Waals surface area contributed by atoms with Gasteiger partial charge in [-0.2, -0.15) is 0 Å². The zero-order valence-electron chi connectivity index (χ0n) is 17.7. The second kappa shape index (κ2) is 11.0. The van der Waals surface area contributed by atoms with Gasteiger partial charge in [-0.15, -0.1) is 16.9 Å². The maximum Gasteiger partial charge on any atom is 0.322 e. The Morgan fingerprint density at radius 1 is 1.09 bits per heavy atom. The van der Waals surface area contributed by atoms with E-state index in [4.69, 9.17) is 16.0 Å². The minimum atomic E-state index is -3.31. The quantitative estimate of drug-likeness (QED) is 0.313. The topological polar surface area (TPSA) is 102 Å². The average molecular weight is 494 g/mol. The van der Waals surface area contributed by atoms with Crippen molar-refractivity contribution in [2.24, 2.45) is 0 Å². The summed E-state index contributed by atoms with van der Waals surface area (Å²) in [4.78, 5) is 13.5. The van der Waals surface area contributed by atoms with Crippen LogP contribution in [0.4, 0.5) is 6.01 Å². The Labute approximate surface area is 196 Å². The molecular formula is C22H24ClN3O4S2. The van der Waals surface area contributed by atoms with Crippen LogP contribution in [-0.2, 0) is 21.1 Å². The summed E-state index contributed by atoms with van der Waals surface area (Å²) in [6.45, 7) is 3.30. The SMILES string of the molecule is CC(C)S(=O)(=O)c1ccc(Cc2nnc(NC(=O)CCCSc3ccc(Cl)cc3)o2)cc1. The maximum atomic E-state index is 12.2. The number of sulfone groups is 1. The highest BCUT2D eigenvalue weighted by Crippen LogP contribution is 2.22. The molecule has 170 valence electrons. The lowest BCUT2D eigenvalue weighted by molar-refractivity contribution is -0.116. The van der Waals surface area contributed by atoms with E-state index in [1.165, 1.54) is 0 Å². The molecule has 0 spiro atoms. The van der Waals surface area contributed by atoms with Crippen molar-refractivity contribution in [1.29, 1.82) is 0 Å². The fourth-order valence-electron chi connectivity index (χ4n) is 2.75. The predicted octanol–water partition coefficient (Wildman–Crippen LogP) is 5.01. The van der Waals surface area contributed by atoms with Gasteiger partial charge < -0.3 is 4.42 Å². The van der Waals surface area contributed by atoms with Crippen molar-refractivity contribution in [3.63, 3.8) is 0 Å². The van der Waals surface area contributed by atoms with Gasteiger partial charge in [0.05, 0.1) is 16.6 Å². The summed E-state index contributed by atoms with van der Waals surface area (Å²) in [6, 6.07) is 14.2. The molecule has 0 unspecified atom stereocenters. The highest BCUT2D eigenvalue weighted by molar-refractivity contribution is 7.99. The molecule has 1 aromatic heterocycles. The number of carbonyl (C=O) groups is 1. The molecule has 32 heavy (non-hydrogen) atoms. The van der Waals surface area contributed by atoms with Gasteiger partial charge in [0, 0.05) is 16.3 Å². The van der Waals surface area contributed by atoms with Crippen LogP contribution < -0.4 is 5.32 Å². The average Bonchev–Trinajstić information content (AvgIpc) is 3.19. The van der Waals surface area contributed by atoms with E-state index in [-0.39, 0.29) is 16.8 Å². The van der Waals surface area contributed by atoms with E-state index in [1.54, 1.807) is 49.9 Å². The molecule has 0 aliphatic rings. The molecular weight excluding hydrogens is 470 g/mol. The normalized spacial score (nSPS) is 11.6. The first-order valence-electron chi connectivity index (χ1n) is 10.1. The third-order valence-electron chi connectivity index (χ3n) is 4.57. The molecule has 2 aromatic carbocycles. The van der Waals surface area contributed by atoms with E-state index in [9.17, 15) is 13.2 Å². The van der Waals surface area contributed by atoms with Gasteiger partial charge in [-0.25, -0.2) is 8.42 Å². The van der Waals surface area contributed by atoms with Crippen LogP contribution in [0.5, 0.6) is 0 Å². The summed E-state index contributed by atoms with van der Waals surface area (Å²) < 4.78 is 29.9. The molecule has 0 radical (unpaired) electrons. The Bertz CT molecular complexity index is 1140. The summed E-state index contributed by atoms with van der Waals surface area (Å²) in [5.74, 6) is 0.936. The highest BCUT2D eigenvalue weighted by Gasteiger charge is 2.19. The number of nitrogens with zero attached hydrogens (tertiary/aromatic N) is 2. The molecule has 0 fully saturated rings. The Hall–Kier alpha value is -2.36. The molecule has 0 atom stereocenters. The van der Waals surface area contributed by atoms with Crippen LogP contribution in [0, 0.1) is 0 Å². The second-order valence-corrected chi connectivity index (χ2v) is 11.5. The van der Waals surface area contributed by atoms with E-state index in [1.807, 2.05) is 24.3 Å². The van der Waals surface area contributed by atoms with Gasteiger partial charge >= 0.3 is 6.01 Å². The number of hydrogen-bond acceptors (Lipinski definition) is 7. The molecule has 1 N–H and O–H groups in total. The first-order valence-corrected chi connectivity index (χ1v) is 13.0. The van der Waals surface area contributed by atoms with E-state index < -0.39 is 15.1 Å². The smallest absolute Gasteiger partial charge is 0.322 e. The largest absolute Gasteiger partial charge is 0.407 e. The molecule has 7 nitrogen and oxygen atoms in total. The van der Waals surface area contributed by atoms with E-state index in [0.717, 1.165) is 16.2 Å². The molecule has 0 saturated heterocycles. The molecule has 0 aliphatic carbocycles. The first-order chi connectivity index (χ1) is 15.2. The molecule has 10 heteroatoms. The standard InChI is InChI=1S/C22H24ClN3O4S2/c1-15(2)32(28,29)19-11-5-16(6-12-19)14-21-25-26-22(30-21)24-20(27)4-3-13-31-18-9-7-17(23)8-10-18/h5-12,15H,3-4,13-14H2,1-2H3,(H,24,26,27). The zero-order chi connectivity index (χ0) is 23.1. The van der Waals surface area contributed by atoms with Crippen LogP contribution in [-0.4, -0.2) is 35.5 Å². The number of benzene rings is 2. The van der Waals surface area contributed by atoms with Crippen molar-refractivity contribution >= 4 is 45.1 Å². The molecule has 0 bridgehead atoms. The lowest BCUT2D eigenvalue weighted by Gasteiger charge is -2.08. The minimum absolute atomic E-state index is 0.0503. The van der Waals surface area contributed by atoms with Crippen LogP contribution in [0.15, 0.2) is 62.7 Å². The van der Waals surface area contributed by atoms with E-state index in [0.29, 0.717) is 30.2 Å². The van der Waals surface area contributed by atoms with Gasteiger partial charge in [0.15, 0.2) is 9.84 Å². The van der Waals surface area contributed by atoms with Crippen LogP contribution >= 0.6 is 23.4 Å². The van der Waals surface area contributed by atoms with Crippen molar-refractivity contribution in [2.45, 2.75) is 48.2 Å². The number of nitrogens with one attached hydrogen (secondary N) is 1. The van der Waals surface area contributed by atoms with Gasteiger partial charge in [0.1, 0.15) is 0 Å². The summed E-state index contributed by atoms with van der Waals surface area (Å²) >= 11 is 7.53.